The fourth-order valence-corrected chi connectivity index (χ4v) is 4.36. The van der Waals surface area contributed by atoms with Crippen molar-refractivity contribution in [3.8, 4) is 11.3 Å². The third kappa shape index (κ3) is 5.18. The lowest BCUT2D eigenvalue weighted by Crippen LogP contribution is -2.41. The topological polar surface area (TPSA) is 120 Å². The number of ketones is 1. The second-order valence-electron chi connectivity index (χ2n) is 8.14. The Morgan fingerprint density at radius 2 is 1.56 bits per heavy atom. The molecule has 1 aromatic heterocycles. The van der Waals surface area contributed by atoms with E-state index in [0.29, 0.717) is 60.1 Å². The van der Waals surface area contributed by atoms with E-state index in [2.05, 4.69) is 5.32 Å². The predicted octanol–water partition coefficient (Wildman–Crippen LogP) is 3.02. The maximum Gasteiger partial charge on any atom is 0.258 e. The number of nitrogens with two attached hydrogens (primary N) is 2. The Morgan fingerprint density at radius 3 is 2.26 bits per heavy atom. The first-order chi connectivity index (χ1) is 15.5. The van der Waals surface area contributed by atoms with Gasteiger partial charge in [0.1, 0.15) is 0 Å². The summed E-state index contributed by atoms with van der Waals surface area (Å²) in [4.78, 5) is 38.7. The second kappa shape index (κ2) is 12.1. The molecule has 0 spiro atoms. The van der Waals surface area contributed by atoms with Crippen molar-refractivity contribution in [1.82, 2.24) is 9.88 Å². The van der Waals surface area contributed by atoms with Crippen molar-refractivity contribution in [2.24, 2.45) is 11.5 Å². The summed E-state index contributed by atoms with van der Waals surface area (Å²) in [6.07, 6.45) is 2.80. The molecule has 1 amide bonds. The van der Waals surface area contributed by atoms with Crippen LogP contribution < -0.4 is 22.3 Å². The Hall–Kier alpha value is -2.71. The number of benzene rings is 2. The summed E-state index contributed by atoms with van der Waals surface area (Å²) in [5.41, 5.74) is 13.9. The number of amides is 1. The number of halogens is 2. The predicted molar refractivity (Wildman–Crippen MR) is 140 cm³/mol. The number of hydrogen-bond acceptors (Lipinski definition) is 5. The van der Waals surface area contributed by atoms with Gasteiger partial charge in [0.15, 0.2) is 5.78 Å². The number of aromatic nitrogens is 1. The van der Waals surface area contributed by atoms with Crippen molar-refractivity contribution in [3.63, 3.8) is 0 Å². The van der Waals surface area contributed by atoms with Crippen LogP contribution in [-0.4, -0.2) is 35.4 Å². The zero-order valence-corrected chi connectivity index (χ0v) is 20.4. The lowest BCUT2D eigenvalue weighted by atomic mass is 10.0. The SMILES string of the molecule is Cl.Cl.NCCCC[C@H](N)C(=O)NCCCn1c2c(c3ccccc3c1=O)C(=O)c1ccccc1-2. The zero-order chi connectivity index (χ0) is 22.7. The van der Waals surface area contributed by atoms with Crippen molar-refractivity contribution in [3.05, 3.63) is 70.0 Å². The van der Waals surface area contributed by atoms with Gasteiger partial charge < -0.3 is 21.4 Å². The third-order valence-corrected chi connectivity index (χ3v) is 6.00. The zero-order valence-electron chi connectivity index (χ0n) is 18.8. The minimum Gasteiger partial charge on any atom is -0.355 e. The molecule has 1 atom stereocenters. The Morgan fingerprint density at radius 1 is 0.912 bits per heavy atom. The first kappa shape index (κ1) is 27.5. The van der Waals surface area contributed by atoms with E-state index < -0.39 is 6.04 Å². The molecule has 182 valence electrons. The molecular weight excluding hydrogens is 475 g/mol. The fourth-order valence-electron chi connectivity index (χ4n) is 4.36. The van der Waals surface area contributed by atoms with Gasteiger partial charge in [0.05, 0.1) is 17.3 Å². The van der Waals surface area contributed by atoms with Crippen LogP contribution in [0, 0.1) is 0 Å². The van der Waals surface area contributed by atoms with Gasteiger partial charge in [0.25, 0.3) is 5.56 Å². The van der Waals surface area contributed by atoms with E-state index in [1.54, 1.807) is 22.8 Å². The van der Waals surface area contributed by atoms with E-state index in [1.807, 2.05) is 30.3 Å². The Balaban J connectivity index is 0.00000204. The lowest BCUT2D eigenvalue weighted by Gasteiger charge is -2.16. The molecular formula is C25H30Cl2N4O3. The number of fused-ring (bicyclic) bond motifs is 5. The molecule has 5 N–H and O–H groups in total. The molecule has 9 heteroatoms. The van der Waals surface area contributed by atoms with Crippen molar-refractivity contribution >= 4 is 47.3 Å². The van der Waals surface area contributed by atoms with Crippen LogP contribution in [-0.2, 0) is 11.3 Å². The third-order valence-electron chi connectivity index (χ3n) is 6.00. The highest BCUT2D eigenvalue weighted by Gasteiger charge is 2.32. The number of nitrogens with one attached hydrogen (secondary N) is 1. The van der Waals surface area contributed by atoms with Crippen LogP contribution >= 0.6 is 24.8 Å². The van der Waals surface area contributed by atoms with E-state index in [1.165, 1.54) is 0 Å². The molecule has 3 aromatic rings. The minimum absolute atomic E-state index is 0. The van der Waals surface area contributed by atoms with Crippen LogP contribution in [0.5, 0.6) is 0 Å². The van der Waals surface area contributed by atoms with Crippen LogP contribution in [0.15, 0.2) is 53.3 Å². The van der Waals surface area contributed by atoms with Crippen molar-refractivity contribution in [1.29, 1.82) is 0 Å². The number of unbranched alkanes of at least 4 members (excludes halogenated alkanes) is 1. The normalized spacial score (nSPS) is 12.4. The summed E-state index contributed by atoms with van der Waals surface area (Å²) in [5, 5.41) is 4.06. The molecule has 7 nitrogen and oxygen atoms in total. The largest absolute Gasteiger partial charge is 0.355 e. The van der Waals surface area contributed by atoms with E-state index >= 15 is 0 Å². The molecule has 0 aliphatic heterocycles. The van der Waals surface area contributed by atoms with Gasteiger partial charge in [-0.15, -0.1) is 24.8 Å². The van der Waals surface area contributed by atoms with Gasteiger partial charge in [-0.25, -0.2) is 0 Å². The van der Waals surface area contributed by atoms with Crippen LogP contribution in [0.1, 0.15) is 41.6 Å². The van der Waals surface area contributed by atoms with Crippen molar-refractivity contribution < 1.29 is 9.59 Å². The molecule has 0 saturated carbocycles. The van der Waals surface area contributed by atoms with Crippen LogP contribution in [0.4, 0.5) is 0 Å². The van der Waals surface area contributed by atoms with Crippen molar-refractivity contribution in [2.75, 3.05) is 13.1 Å². The highest BCUT2D eigenvalue weighted by atomic mass is 35.5. The molecule has 0 unspecified atom stereocenters. The highest BCUT2D eigenvalue weighted by molar-refractivity contribution is 6.26. The van der Waals surface area contributed by atoms with Crippen molar-refractivity contribution in [2.45, 2.75) is 38.3 Å². The molecule has 1 aliphatic carbocycles. The number of carbonyl (C=O) groups is 2. The summed E-state index contributed by atoms with van der Waals surface area (Å²) in [5.74, 6) is -0.254. The van der Waals surface area contributed by atoms with Gasteiger partial charge in [-0.05, 0) is 31.9 Å². The summed E-state index contributed by atoms with van der Waals surface area (Å²) >= 11 is 0. The lowest BCUT2D eigenvalue weighted by molar-refractivity contribution is -0.122. The smallest absolute Gasteiger partial charge is 0.258 e. The Bertz CT molecular complexity index is 1240. The van der Waals surface area contributed by atoms with Gasteiger partial charge in [-0.1, -0.05) is 48.9 Å². The maximum atomic E-state index is 13.3. The number of nitrogens with zero attached hydrogens (tertiary/aromatic N) is 1. The molecule has 0 saturated heterocycles. The number of rotatable bonds is 9. The van der Waals surface area contributed by atoms with Gasteiger partial charge in [-0.2, -0.15) is 0 Å². The van der Waals surface area contributed by atoms with E-state index in [0.717, 1.165) is 18.4 Å². The average molecular weight is 505 g/mol. The van der Waals surface area contributed by atoms with Gasteiger partial charge in [0.2, 0.25) is 5.91 Å². The summed E-state index contributed by atoms with van der Waals surface area (Å²) in [6, 6.07) is 14.1. The molecule has 4 rings (SSSR count). The molecule has 0 radical (unpaired) electrons. The molecule has 1 aliphatic rings. The first-order valence-electron chi connectivity index (χ1n) is 11.1. The van der Waals surface area contributed by atoms with Crippen LogP contribution in [0.2, 0.25) is 0 Å². The Kier molecular flexibility index (Phi) is 9.82. The summed E-state index contributed by atoms with van der Waals surface area (Å²) in [7, 11) is 0. The van der Waals surface area contributed by atoms with E-state index in [9.17, 15) is 14.4 Å². The highest BCUT2D eigenvalue weighted by Crippen LogP contribution is 2.39. The maximum absolute atomic E-state index is 13.3. The quantitative estimate of drug-likeness (QED) is 0.302. The standard InChI is InChI=1S/C25H28N4O3.2ClH/c26-13-6-5-12-20(27)24(31)28-14-7-15-29-22-17-9-2-3-10-18(17)23(30)21(22)16-8-1-4-11-19(16)25(29)32;;/h1-4,8-11,20H,5-7,12-15,26-27H2,(H,28,31);2*1H/t20-;;/m0../s1. The van der Waals surface area contributed by atoms with Crippen LogP contribution in [0.25, 0.3) is 22.0 Å². The average Bonchev–Trinajstić information content (AvgIpc) is 3.11. The minimum atomic E-state index is -0.557. The van der Waals surface area contributed by atoms with E-state index in [-0.39, 0.29) is 42.1 Å². The second-order valence-corrected chi connectivity index (χ2v) is 8.14. The fraction of sp³-hybridized carbons (Fsp3) is 0.320. The number of hydrogen-bond donors (Lipinski definition) is 3. The summed E-state index contributed by atoms with van der Waals surface area (Å²) in [6.45, 7) is 1.37. The monoisotopic (exact) mass is 504 g/mol. The molecule has 2 aromatic carbocycles. The molecule has 0 bridgehead atoms. The molecule has 1 heterocycles. The first-order valence-corrected chi connectivity index (χ1v) is 11.1. The molecule has 34 heavy (non-hydrogen) atoms. The van der Waals surface area contributed by atoms with Gasteiger partial charge >= 0.3 is 0 Å². The van der Waals surface area contributed by atoms with Gasteiger partial charge in [0, 0.05) is 35.0 Å². The summed E-state index contributed by atoms with van der Waals surface area (Å²) < 4.78 is 1.68. The van der Waals surface area contributed by atoms with Crippen LogP contribution in [0.3, 0.4) is 0 Å². The number of pyridine rings is 1. The number of carbonyl (C=O) groups excluding carboxylic acids is 2. The van der Waals surface area contributed by atoms with Gasteiger partial charge in [-0.3, -0.25) is 14.4 Å². The van der Waals surface area contributed by atoms with E-state index in [4.69, 9.17) is 11.5 Å². The molecule has 0 fully saturated rings. The Labute approximate surface area is 210 Å².